The van der Waals surface area contributed by atoms with Crippen LogP contribution in [0.25, 0.3) is 0 Å². The number of benzene rings is 2. The van der Waals surface area contributed by atoms with Crippen LogP contribution in [0.4, 0.5) is 10.1 Å². The van der Waals surface area contributed by atoms with Gasteiger partial charge in [-0.1, -0.05) is 6.42 Å². The summed E-state index contributed by atoms with van der Waals surface area (Å²) in [6.45, 7) is 2.07. The van der Waals surface area contributed by atoms with Crippen LogP contribution in [0.3, 0.4) is 0 Å². The number of aryl methyl sites for hydroxylation is 1. The molecule has 2 amide bonds. The van der Waals surface area contributed by atoms with Crippen LogP contribution in [0.15, 0.2) is 47.4 Å². The van der Waals surface area contributed by atoms with Crippen LogP contribution in [-0.4, -0.2) is 50.8 Å². The lowest BCUT2D eigenvalue weighted by molar-refractivity contribution is -0.136. The average molecular weight is 478 g/mol. The first-order chi connectivity index (χ1) is 15.7. The van der Waals surface area contributed by atoms with Crippen LogP contribution in [0, 0.1) is 12.7 Å². The lowest BCUT2D eigenvalue weighted by Gasteiger charge is -2.35. The fourth-order valence-corrected chi connectivity index (χ4v) is 5.83. The molecule has 0 radical (unpaired) electrons. The molecule has 178 valence electrons. The summed E-state index contributed by atoms with van der Waals surface area (Å²) >= 11 is 0. The fourth-order valence-electron chi connectivity index (χ4n) is 3.90. The van der Waals surface area contributed by atoms with Crippen molar-refractivity contribution in [3.05, 3.63) is 53.8 Å². The molecule has 0 aromatic heterocycles. The second-order valence-electron chi connectivity index (χ2n) is 7.90. The van der Waals surface area contributed by atoms with Crippen molar-refractivity contribution in [3.63, 3.8) is 0 Å². The Morgan fingerprint density at radius 2 is 1.85 bits per heavy atom. The first kappa shape index (κ1) is 24.7. The Morgan fingerprint density at radius 1 is 1.12 bits per heavy atom. The van der Waals surface area contributed by atoms with Crippen molar-refractivity contribution in [1.29, 1.82) is 0 Å². The van der Waals surface area contributed by atoms with E-state index >= 15 is 0 Å². The van der Waals surface area contributed by atoms with Crippen molar-refractivity contribution in [2.45, 2.75) is 43.5 Å². The van der Waals surface area contributed by atoms with Gasteiger partial charge in [-0.2, -0.15) is 4.31 Å². The van der Waals surface area contributed by atoms with Crippen LogP contribution in [-0.2, 0) is 19.6 Å². The molecule has 1 atom stereocenters. The van der Waals surface area contributed by atoms with E-state index in [0.717, 1.165) is 18.9 Å². The molecule has 2 aromatic carbocycles. The Hall–Kier alpha value is -2.98. The predicted molar refractivity (Wildman–Crippen MR) is 122 cm³/mol. The first-order valence-electron chi connectivity index (χ1n) is 10.7. The van der Waals surface area contributed by atoms with Gasteiger partial charge >= 0.3 is 11.8 Å². The summed E-state index contributed by atoms with van der Waals surface area (Å²) in [6.07, 6.45) is 2.60. The Kier molecular flexibility index (Phi) is 8.04. The van der Waals surface area contributed by atoms with E-state index in [-0.39, 0.29) is 17.5 Å². The van der Waals surface area contributed by atoms with Gasteiger partial charge in [-0.05, 0) is 74.2 Å². The molecule has 3 rings (SSSR count). The zero-order chi connectivity index (χ0) is 24.0. The van der Waals surface area contributed by atoms with Gasteiger partial charge < -0.3 is 15.4 Å². The summed E-state index contributed by atoms with van der Waals surface area (Å²) in [7, 11) is -2.28. The van der Waals surface area contributed by atoms with Crippen molar-refractivity contribution in [1.82, 2.24) is 9.62 Å². The summed E-state index contributed by atoms with van der Waals surface area (Å²) in [5.74, 6) is -1.47. The summed E-state index contributed by atoms with van der Waals surface area (Å²) in [5.41, 5.74) is 0.804. The Bertz CT molecular complexity index is 1110. The molecule has 1 aliphatic heterocycles. The third kappa shape index (κ3) is 6.08. The standard InChI is InChI=1S/C23H28FN3O5S/c1-16-15-17(24)6-11-21(16)33(30,31)27-14-4-3-5-19(27)12-13-25-22(28)23(29)26-18-7-9-20(32-2)10-8-18/h6-11,15,19H,3-5,12-14H2,1-2H3,(H,25,28)(H,26,29)/t19-/m0/s1. The van der Waals surface area contributed by atoms with Gasteiger partial charge in [0.2, 0.25) is 10.0 Å². The van der Waals surface area contributed by atoms with Crippen LogP contribution < -0.4 is 15.4 Å². The highest BCUT2D eigenvalue weighted by molar-refractivity contribution is 7.89. The lowest BCUT2D eigenvalue weighted by atomic mass is 10.0. The summed E-state index contributed by atoms with van der Waals surface area (Å²) in [6, 6.07) is 9.87. The molecule has 1 heterocycles. The maximum Gasteiger partial charge on any atom is 0.313 e. The Labute approximate surface area is 193 Å². The van der Waals surface area contributed by atoms with Crippen LogP contribution in [0.5, 0.6) is 5.75 Å². The number of amides is 2. The van der Waals surface area contributed by atoms with Gasteiger partial charge in [-0.15, -0.1) is 0 Å². The van der Waals surface area contributed by atoms with E-state index in [4.69, 9.17) is 4.74 Å². The molecule has 2 N–H and O–H groups in total. The number of halogens is 1. The number of anilines is 1. The van der Waals surface area contributed by atoms with E-state index in [1.165, 1.54) is 23.5 Å². The van der Waals surface area contributed by atoms with Crippen molar-refractivity contribution in [3.8, 4) is 5.75 Å². The molecule has 0 spiro atoms. The third-order valence-electron chi connectivity index (χ3n) is 5.61. The van der Waals surface area contributed by atoms with E-state index in [1.807, 2.05) is 0 Å². The van der Waals surface area contributed by atoms with E-state index in [9.17, 15) is 22.4 Å². The third-order valence-corrected chi connectivity index (χ3v) is 7.73. The topological polar surface area (TPSA) is 105 Å². The maximum absolute atomic E-state index is 13.4. The number of carbonyl (C=O) groups is 2. The fraction of sp³-hybridized carbons (Fsp3) is 0.391. The molecule has 0 saturated carbocycles. The van der Waals surface area contributed by atoms with Crippen molar-refractivity contribution >= 4 is 27.5 Å². The molecule has 1 fully saturated rings. The number of hydrogen-bond acceptors (Lipinski definition) is 5. The lowest BCUT2D eigenvalue weighted by Crippen LogP contribution is -2.46. The minimum absolute atomic E-state index is 0.0821. The smallest absolute Gasteiger partial charge is 0.313 e. The van der Waals surface area contributed by atoms with E-state index in [0.29, 0.717) is 36.4 Å². The van der Waals surface area contributed by atoms with E-state index < -0.39 is 27.7 Å². The molecule has 0 bridgehead atoms. The van der Waals surface area contributed by atoms with E-state index in [2.05, 4.69) is 10.6 Å². The second kappa shape index (κ2) is 10.8. The monoisotopic (exact) mass is 477 g/mol. The molecule has 2 aromatic rings. The molecule has 10 heteroatoms. The number of ether oxygens (including phenoxy) is 1. The highest BCUT2D eigenvalue weighted by Crippen LogP contribution is 2.28. The van der Waals surface area contributed by atoms with Crippen molar-refractivity contribution in [2.24, 2.45) is 0 Å². The molecule has 8 nitrogen and oxygen atoms in total. The van der Waals surface area contributed by atoms with Crippen LogP contribution in [0.1, 0.15) is 31.2 Å². The number of piperidine rings is 1. The normalized spacial score (nSPS) is 16.8. The number of hydrogen-bond donors (Lipinski definition) is 2. The first-order valence-corrected chi connectivity index (χ1v) is 12.2. The van der Waals surface area contributed by atoms with Crippen molar-refractivity contribution < 1.29 is 27.1 Å². The predicted octanol–water partition coefficient (Wildman–Crippen LogP) is 2.83. The SMILES string of the molecule is COc1ccc(NC(=O)C(=O)NCC[C@@H]2CCCCN2S(=O)(=O)c2ccc(F)cc2C)cc1. The van der Waals surface area contributed by atoms with Crippen LogP contribution >= 0.6 is 0 Å². The van der Waals surface area contributed by atoms with Crippen LogP contribution in [0.2, 0.25) is 0 Å². The van der Waals surface area contributed by atoms with Gasteiger partial charge in [0, 0.05) is 24.8 Å². The summed E-state index contributed by atoms with van der Waals surface area (Å²) < 4.78 is 46.4. The zero-order valence-electron chi connectivity index (χ0n) is 18.6. The minimum atomic E-state index is -3.81. The van der Waals surface area contributed by atoms with Gasteiger partial charge in [0.1, 0.15) is 11.6 Å². The summed E-state index contributed by atoms with van der Waals surface area (Å²) in [5, 5.41) is 5.06. The van der Waals surface area contributed by atoms with Gasteiger partial charge in [0.25, 0.3) is 0 Å². The van der Waals surface area contributed by atoms with Gasteiger partial charge in [0.05, 0.1) is 12.0 Å². The zero-order valence-corrected chi connectivity index (χ0v) is 19.5. The highest BCUT2D eigenvalue weighted by atomic mass is 32.2. The number of nitrogens with zero attached hydrogens (tertiary/aromatic N) is 1. The minimum Gasteiger partial charge on any atom is -0.497 e. The molecular weight excluding hydrogens is 449 g/mol. The number of sulfonamides is 1. The molecule has 0 unspecified atom stereocenters. The largest absolute Gasteiger partial charge is 0.497 e. The number of carbonyl (C=O) groups excluding carboxylic acids is 2. The van der Waals surface area contributed by atoms with Crippen molar-refractivity contribution in [2.75, 3.05) is 25.5 Å². The Morgan fingerprint density at radius 3 is 2.52 bits per heavy atom. The number of rotatable bonds is 7. The quantitative estimate of drug-likeness (QED) is 0.597. The Balaban J connectivity index is 1.58. The van der Waals surface area contributed by atoms with E-state index in [1.54, 1.807) is 31.2 Å². The number of methoxy groups -OCH3 is 1. The highest BCUT2D eigenvalue weighted by Gasteiger charge is 2.34. The number of nitrogens with one attached hydrogen (secondary N) is 2. The molecular formula is C23H28FN3O5S. The molecule has 33 heavy (non-hydrogen) atoms. The molecule has 1 aliphatic rings. The average Bonchev–Trinajstić information content (AvgIpc) is 2.79. The van der Waals surface area contributed by atoms with Gasteiger partial charge in [-0.3, -0.25) is 9.59 Å². The molecule has 1 saturated heterocycles. The molecule has 0 aliphatic carbocycles. The second-order valence-corrected chi connectivity index (χ2v) is 9.76. The maximum atomic E-state index is 13.4. The van der Waals surface area contributed by atoms with Gasteiger partial charge in [-0.25, -0.2) is 12.8 Å². The van der Waals surface area contributed by atoms with Gasteiger partial charge in [0.15, 0.2) is 0 Å². The summed E-state index contributed by atoms with van der Waals surface area (Å²) in [4.78, 5) is 24.4.